The van der Waals surface area contributed by atoms with E-state index in [0.717, 1.165) is 16.5 Å². The summed E-state index contributed by atoms with van der Waals surface area (Å²) >= 11 is 3.42. The van der Waals surface area contributed by atoms with E-state index < -0.39 is 0 Å². The molecule has 0 N–H and O–H groups in total. The molecular formula is C15H13BrO2. The second-order valence-corrected chi connectivity index (χ2v) is 4.46. The van der Waals surface area contributed by atoms with E-state index in [4.69, 9.17) is 4.74 Å². The number of hydrogen-bond acceptors (Lipinski definition) is 2. The van der Waals surface area contributed by atoms with E-state index in [-0.39, 0.29) is 5.97 Å². The molecule has 0 radical (unpaired) electrons. The van der Waals surface area contributed by atoms with Gasteiger partial charge in [-0.05, 0) is 28.8 Å². The summed E-state index contributed by atoms with van der Waals surface area (Å²) in [4.78, 5) is 11.5. The summed E-state index contributed by atoms with van der Waals surface area (Å²) in [6.07, 6.45) is 0. The van der Waals surface area contributed by atoms with E-state index in [1.54, 1.807) is 6.07 Å². The lowest BCUT2D eigenvalue weighted by Gasteiger charge is -2.05. The SMILES string of the molecule is COC(=O)c1cccc(-c2ccc(CBr)cc2)c1. The Kier molecular flexibility index (Phi) is 4.15. The maximum absolute atomic E-state index is 11.5. The Balaban J connectivity index is 2.35. The van der Waals surface area contributed by atoms with Crippen molar-refractivity contribution in [2.45, 2.75) is 5.33 Å². The highest BCUT2D eigenvalue weighted by Crippen LogP contribution is 2.22. The van der Waals surface area contributed by atoms with Crippen LogP contribution in [0, 0.1) is 0 Å². The van der Waals surface area contributed by atoms with Crippen LogP contribution in [0.3, 0.4) is 0 Å². The van der Waals surface area contributed by atoms with Gasteiger partial charge in [-0.2, -0.15) is 0 Å². The van der Waals surface area contributed by atoms with Crippen molar-refractivity contribution in [2.75, 3.05) is 7.11 Å². The summed E-state index contributed by atoms with van der Waals surface area (Å²) < 4.78 is 4.72. The van der Waals surface area contributed by atoms with Gasteiger partial charge in [0.2, 0.25) is 0 Å². The minimum Gasteiger partial charge on any atom is -0.465 e. The number of alkyl halides is 1. The molecular weight excluding hydrogens is 292 g/mol. The van der Waals surface area contributed by atoms with Crippen LogP contribution < -0.4 is 0 Å². The molecule has 0 saturated carbocycles. The van der Waals surface area contributed by atoms with Gasteiger partial charge >= 0.3 is 5.97 Å². The fourth-order valence-corrected chi connectivity index (χ4v) is 2.10. The molecule has 2 nitrogen and oxygen atoms in total. The van der Waals surface area contributed by atoms with Crippen molar-refractivity contribution in [2.24, 2.45) is 0 Å². The number of benzene rings is 2. The zero-order chi connectivity index (χ0) is 13.0. The smallest absolute Gasteiger partial charge is 0.337 e. The number of carbonyl (C=O) groups excluding carboxylic acids is 1. The summed E-state index contributed by atoms with van der Waals surface area (Å²) in [7, 11) is 1.39. The van der Waals surface area contributed by atoms with Gasteiger partial charge in [0, 0.05) is 5.33 Å². The Hall–Kier alpha value is -1.61. The van der Waals surface area contributed by atoms with Crippen molar-refractivity contribution in [3.8, 4) is 11.1 Å². The number of carbonyl (C=O) groups is 1. The molecule has 0 saturated heterocycles. The quantitative estimate of drug-likeness (QED) is 0.632. The predicted octanol–water partition coefficient (Wildman–Crippen LogP) is 4.04. The number of hydrogen-bond donors (Lipinski definition) is 0. The molecule has 2 aromatic rings. The molecule has 3 heteroatoms. The van der Waals surface area contributed by atoms with E-state index in [1.165, 1.54) is 12.7 Å². The van der Waals surface area contributed by atoms with Gasteiger partial charge in [-0.25, -0.2) is 4.79 Å². The lowest BCUT2D eigenvalue weighted by molar-refractivity contribution is 0.0601. The first kappa shape index (κ1) is 12.8. The topological polar surface area (TPSA) is 26.3 Å². The van der Waals surface area contributed by atoms with Crippen molar-refractivity contribution < 1.29 is 9.53 Å². The number of rotatable bonds is 3. The fraction of sp³-hybridized carbons (Fsp3) is 0.133. The number of esters is 1. The van der Waals surface area contributed by atoms with Gasteiger partial charge in [-0.15, -0.1) is 0 Å². The fourth-order valence-electron chi connectivity index (χ4n) is 1.73. The van der Waals surface area contributed by atoms with Crippen molar-refractivity contribution in [3.63, 3.8) is 0 Å². The molecule has 2 aromatic carbocycles. The molecule has 0 amide bonds. The van der Waals surface area contributed by atoms with E-state index in [0.29, 0.717) is 5.56 Å². The monoisotopic (exact) mass is 304 g/mol. The van der Waals surface area contributed by atoms with Gasteiger partial charge in [0.05, 0.1) is 12.7 Å². The van der Waals surface area contributed by atoms with Crippen molar-refractivity contribution in [1.82, 2.24) is 0 Å². The maximum atomic E-state index is 11.5. The average Bonchev–Trinajstić information content (AvgIpc) is 2.46. The molecule has 0 spiro atoms. The van der Waals surface area contributed by atoms with E-state index in [2.05, 4.69) is 28.1 Å². The number of methoxy groups -OCH3 is 1. The Labute approximate surface area is 115 Å². The van der Waals surface area contributed by atoms with Crippen LogP contribution in [-0.2, 0) is 10.1 Å². The van der Waals surface area contributed by atoms with Gasteiger partial charge in [0.15, 0.2) is 0 Å². The third kappa shape index (κ3) is 2.79. The third-order valence-corrected chi connectivity index (χ3v) is 3.37. The molecule has 18 heavy (non-hydrogen) atoms. The standard InChI is InChI=1S/C15H13BrO2/c1-18-15(17)14-4-2-3-13(9-14)12-7-5-11(10-16)6-8-12/h2-9H,10H2,1H3. The van der Waals surface area contributed by atoms with Crippen molar-refractivity contribution in [1.29, 1.82) is 0 Å². The van der Waals surface area contributed by atoms with Crippen LogP contribution in [0.25, 0.3) is 11.1 Å². The number of ether oxygens (including phenoxy) is 1. The van der Waals surface area contributed by atoms with Gasteiger partial charge in [0.1, 0.15) is 0 Å². The van der Waals surface area contributed by atoms with Crippen LogP contribution in [0.4, 0.5) is 0 Å². The molecule has 0 aliphatic heterocycles. The van der Waals surface area contributed by atoms with E-state index >= 15 is 0 Å². The van der Waals surface area contributed by atoms with E-state index in [9.17, 15) is 4.79 Å². The molecule has 0 aromatic heterocycles. The molecule has 0 aliphatic carbocycles. The highest BCUT2D eigenvalue weighted by atomic mass is 79.9. The van der Waals surface area contributed by atoms with Gasteiger partial charge in [-0.1, -0.05) is 52.3 Å². The molecule has 0 unspecified atom stereocenters. The van der Waals surface area contributed by atoms with Crippen LogP contribution in [0.5, 0.6) is 0 Å². The third-order valence-electron chi connectivity index (χ3n) is 2.73. The Morgan fingerprint density at radius 3 is 2.44 bits per heavy atom. The average molecular weight is 305 g/mol. The molecule has 92 valence electrons. The zero-order valence-corrected chi connectivity index (χ0v) is 11.6. The van der Waals surface area contributed by atoms with Gasteiger partial charge < -0.3 is 4.74 Å². The minimum absolute atomic E-state index is 0.311. The van der Waals surface area contributed by atoms with Crippen LogP contribution in [0.1, 0.15) is 15.9 Å². The summed E-state index contributed by atoms with van der Waals surface area (Å²) in [6, 6.07) is 15.7. The lowest BCUT2D eigenvalue weighted by atomic mass is 10.0. The molecule has 0 bridgehead atoms. The summed E-state index contributed by atoms with van der Waals surface area (Å²) in [5, 5.41) is 0.843. The number of halogens is 1. The lowest BCUT2D eigenvalue weighted by Crippen LogP contribution is -2.00. The first-order valence-electron chi connectivity index (χ1n) is 5.58. The Morgan fingerprint density at radius 2 is 1.83 bits per heavy atom. The maximum Gasteiger partial charge on any atom is 0.337 e. The summed E-state index contributed by atoms with van der Waals surface area (Å²) in [5.74, 6) is -0.311. The van der Waals surface area contributed by atoms with Crippen LogP contribution in [0.2, 0.25) is 0 Å². The molecule has 0 atom stereocenters. The van der Waals surface area contributed by atoms with Gasteiger partial charge in [0.25, 0.3) is 0 Å². The largest absolute Gasteiger partial charge is 0.465 e. The summed E-state index contributed by atoms with van der Waals surface area (Å²) in [5.41, 5.74) is 3.90. The second kappa shape index (κ2) is 5.83. The second-order valence-electron chi connectivity index (χ2n) is 3.90. The molecule has 0 heterocycles. The molecule has 0 fully saturated rings. The normalized spacial score (nSPS) is 10.1. The van der Waals surface area contributed by atoms with Crippen LogP contribution in [-0.4, -0.2) is 13.1 Å². The predicted molar refractivity (Wildman–Crippen MR) is 75.8 cm³/mol. The molecule has 2 rings (SSSR count). The first-order chi connectivity index (χ1) is 8.74. The van der Waals surface area contributed by atoms with Crippen LogP contribution >= 0.6 is 15.9 Å². The van der Waals surface area contributed by atoms with Gasteiger partial charge in [-0.3, -0.25) is 0 Å². The Bertz CT molecular complexity index is 547. The van der Waals surface area contributed by atoms with Crippen molar-refractivity contribution >= 4 is 21.9 Å². The van der Waals surface area contributed by atoms with Crippen molar-refractivity contribution in [3.05, 3.63) is 59.7 Å². The van der Waals surface area contributed by atoms with Crippen LogP contribution in [0.15, 0.2) is 48.5 Å². The zero-order valence-electron chi connectivity index (χ0n) is 10.0. The minimum atomic E-state index is -0.311. The Morgan fingerprint density at radius 1 is 1.11 bits per heavy atom. The highest BCUT2D eigenvalue weighted by molar-refractivity contribution is 9.08. The molecule has 0 aliphatic rings. The summed E-state index contributed by atoms with van der Waals surface area (Å²) in [6.45, 7) is 0. The first-order valence-corrected chi connectivity index (χ1v) is 6.70. The van der Waals surface area contributed by atoms with E-state index in [1.807, 2.05) is 30.3 Å². The highest BCUT2D eigenvalue weighted by Gasteiger charge is 2.06.